The zero-order chi connectivity index (χ0) is 17.9. The van der Waals surface area contributed by atoms with Gasteiger partial charge in [0.2, 0.25) is 5.91 Å². The molecular weight excluding hydrogens is 375 g/mol. The highest BCUT2D eigenvalue weighted by molar-refractivity contribution is 6.35. The molecule has 0 aliphatic rings. The largest absolute Gasteiger partial charge is 0.322 e. The molecule has 124 valence electrons. The normalized spacial score (nSPS) is 10.8. The Bertz CT molecular complexity index is 851. The van der Waals surface area contributed by atoms with Gasteiger partial charge in [-0.15, -0.1) is 0 Å². The first kappa shape index (κ1) is 18.3. The van der Waals surface area contributed by atoms with Crippen LogP contribution in [0, 0.1) is 17.0 Å². The maximum atomic E-state index is 12.0. The van der Waals surface area contributed by atoms with Crippen LogP contribution in [-0.4, -0.2) is 10.8 Å². The number of nitrogens with one attached hydrogen (secondary N) is 1. The number of anilines is 1. The first-order valence-corrected chi connectivity index (χ1v) is 7.80. The van der Waals surface area contributed by atoms with Crippen molar-refractivity contribution >= 4 is 58.2 Å². The molecule has 0 heterocycles. The Labute approximate surface area is 153 Å². The predicted octanol–water partition coefficient (Wildman–Crippen LogP) is 5.52. The fraction of sp³-hybridized carbons (Fsp3) is 0.0625. The van der Waals surface area contributed by atoms with E-state index in [1.165, 1.54) is 24.3 Å². The van der Waals surface area contributed by atoms with Gasteiger partial charge in [0, 0.05) is 27.9 Å². The number of nitro groups is 1. The number of aryl methyl sites for hydroxylation is 1. The van der Waals surface area contributed by atoms with Gasteiger partial charge in [0.05, 0.1) is 4.92 Å². The zero-order valence-electron chi connectivity index (χ0n) is 12.3. The lowest BCUT2D eigenvalue weighted by Gasteiger charge is -2.07. The third-order valence-electron chi connectivity index (χ3n) is 3.13. The van der Waals surface area contributed by atoms with Gasteiger partial charge in [0.25, 0.3) is 5.69 Å². The number of carbonyl (C=O) groups is 1. The van der Waals surface area contributed by atoms with Gasteiger partial charge in [-0.05, 0) is 42.3 Å². The van der Waals surface area contributed by atoms with Crippen LogP contribution in [-0.2, 0) is 4.79 Å². The van der Waals surface area contributed by atoms with Gasteiger partial charge >= 0.3 is 0 Å². The van der Waals surface area contributed by atoms with Gasteiger partial charge in [0.1, 0.15) is 5.02 Å². The first-order chi connectivity index (χ1) is 11.3. The van der Waals surface area contributed by atoms with Crippen LogP contribution in [0.15, 0.2) is 36.4 Å². The molecule has 0 aromatic heterocycles. The van der Waals surface area contributed by atoms with Crippen LogP contribution < -0.4 is 5.32 Å². The van der Waals surface area contributed by atoms with E-state index in [0.717, 1.165) is 0 Å². The molecule has 0 fully saturated rings. The molecule has 0 aliphatic heterocycles. The second kappa shape index (κ2) is 7.66. The van der Waals surface area contributed by atoms with Crippen LogP contribution in [0.3, 0.4) is 0 Å². The van der Waals surface area contributed by atoms with Gasteiger partial charge in [-0.1, -0.05) is 40.9 Å². The molecule has 0 saturated carbocycles. The van der Waals surface area contributed by atoms with Crippen LogP contribution >= 0.6 is 34.8 Å². The van der Waals surface area contributed by atoms with Gasteiger partial charge in [-0.25, -0.2) is 0 Å². The second-order valence-electron chi connectivity index (χ2n) is 4.86. The summed E-state index contributed by atoms with van der Waals surface area (Å²) in [7, 11) is 0. The van der Waals surface area contributed by atoms with Crippen LogP contribution in [0.25, 0.3) is 6.08 Å². The number of amides is 1. The maximum Gasteiger partial charge on any atom is 0.288 e. The second-order valence-corrected chi connectivity index (χ2v) is 6.11. The van der Waals surface area contributed by atoms with Crippen LogP contribution in [0.1, 0.15) is 11.1 Å². The van der Waals surface area contributed by atoms with E-state index < -0.39 is 10.8 Å². The first-order valence-electron chi connectivity index (χ1n) is 6.66. The number of hydrogen-bond donors (Lipinski definition) is 1. The van der Waals surface area contributed by atoms with Crippen molar-refractivity contribution in [2.45, 2.75) is 6.92 Å². The number of benzene rings is 2. The monoisotopic (exact) mass is 384 g/mol. The predicted molar refractivity (Wildman–Crippen MR) is 97.0 cm³/mol. The molecule has 0 saturated heterocycles. The average molecular weight is 386 g/mol. The summed E-state index contributed by atoms with van der Waals surface area (Å²) >= 11 is 17.7. The lowest BCUT2D eigenvalue weighted by Crippen LogP contribution is -2.09. The molecule has 0 unspecified atom stereocenters. The lowest BCUT2D eigenvalue weighted by atomic mass is 10.1. The van der Waals surface area contributed by atoms with E-state index in [2.05, 4.69) is 5.32 Å². The molecule has 24 heavy (non-hydrogen) atoms. The van der Waals surface area contributed by atoms with Crippen LogP contribution in [0.2, 0.25) is 15.1 Å². The molecule has 8 heteroatoms. The Balaban J connectivity index is 2.16. The van der Waals surface area contributed by atoms with Crippen molar-refractivity contribution in [1.29, 1.82) is 0 Å². The SMILES string of the molecule is Cc1cc([N+](=O)[O-])c(Cl)cc1NC(=O)/C=C/c1ccc(Cl)cc1Cl. The molecule has 0 aliphatic carbocycles. The van der Waals surface area contributed by atoms with Gasteiger partial charge in [-0.2, -0.15) is 0 Å². The Morgan fingerprint density at radius 2 is 1.88 bits per heavy atom. The lowest BCUT2D eigenvalue weighted by molar-refractivity contribution is -0.384. The molecule has 0 bridgehead atoms. The molecule has 5 nitrogen and oxygen atoms in total. The average Bonchev–Trinajstić information content (AvgIpc) is 2.49. The summed E-state index contributed by atoms with van der Waals surface area (Å²) in [6, 6.07) is 7.56. The topological polar surface area (TPSA) is 72.2 Å². The molecule has 0 atom stereocenters. The van der Waals surface area contributed by atoms with E-state index in [1.807, 2.05) is 0 Å². The van der Waals surface area contributed by atoms with Crippen molar-refractivity contribution in [3.05, 3.63) is 72.7 Å². The highest BCUT2D eigenvalue weighted by atomic mass is 35.5. The minimum Gasteiger partial charge on any atom is -0.322 e. The standard InChI is InChI=1S/C16H11Cl3N2O3/c1-9-6-15(21(23)24)13(19)8-14(9)20-16(22)5-3-10-2-4-11(17)7-12(10)18/h2-8H,1H3,(H,20,22)/b5-3+. The summed E-state index contributed by atoms with van der Waals surface area (Å²) in [5.74, 6) is -0.422. The molecule has 1 N–H and O–H groups in total. The van der Waals surface area contributed by atoms with E-state index in [1.54, 1.807) is 25.1 Å². The highest BCUT2D eigenvalue weighted by Gasteiger charge is 2.15. The summed E-state index contributed by atoms with van der Waals surface area (Å²) in [5, 5.41) is 14.3. The van der Waals surface area contributed by atoms with Gasteiger partial charge in [0.15, 0.2) is 0 Å². The van der Waals surface area contributed by atoms with Gasteiger partial charge < -0.3 is 5.32 Å². The summed E-state index contributed by atoms with van der Waals surface area (Å²) in [5.41, 5.74) is 1.34. The fourth-order valence-corrected chi connectivity index (χ4v) is 2.62. The maximum absolute atomic E-state index is 12.0. The zero-order valence-corrected chi connectivity index (χ0v) is 14.6. The Kier molecular flexibility index (Phi) is 5.83. The summed E-state index contributed by atoms with van der Waals surface area (Å²) in [4.78, 5) is 22.2. The van der Waals surface area contributed by atoms with E-state index in [-0.39, 0.29) is 10.7 Å². The van der Waals surface area contributed by atoms with E-state index >= 15 is 0 Å². The minimum atomic E-state index is -0.580. The molecule has 0 spiro atoms. The minimum absolute atomic E-state index is 0.0503. The summed E-state index contributed by atoms with van der Waals surface area (Å²) < 4.78 is 0. The highest BCUT2D eigenvalue weighted by Crippen LogP contribution is 2.30. The number of halogens is 3. The van der Waals surface area contributed by atoms with Crippen molar-refractivity contribution in [2.75, 3.05) is 5.32 Å². The molecule has 0 radical (unpaired) electrons. The summed E-state index contributed by atoms with van der Waals surface area (Å²) in [6.45, 7) is 1.64. The number of hydrogen-bond acceptors (Lipinski definition) is 3. The van der Waals surface area contributed by atoms with E-state index in [9.17, 15) is 14.9 Å². The molecule has 1 amide bonds. The van der Waals surface area contributed by atoms with E-state index in [4.69, 9.17) is 34.8 Å². The smallest absolute Gasteiger partial charge is 0.288 e. The molecule has 2 aromatic rings. The Morgan fingerprint density at radius 3 is 2.50 bits per heavy atom. The van der Waals surface area contributed by atoms with Crippen molar-refractivity contribution in [2.24, 2.45) is 0 Å². The van der Waals surface area contributed by atoms with Crippen molar-refractivity contribution in [1.82, 2.24) is 0 Å². The third kappa shape index (κ3) is 4.47. The van der Waals surface area contributed by atoms with Crippen LogP contribution in [0.5, 0.6) is 0 Å². The Hall–Kier alpha value is -2.08. The van der Waals surface area contributed by atoms with Crippen LogP contribution in [0.4, 0.5) is 11.4 Å². The number of nitro benzene ring substituents is 1. The fourth-order valence-electron chi connectivity index (χ4n) is 1.92. The third-order valence-corrected chi connectivity index (χ3v) is 3.99. The molecular formula is C16H11Cl3N2O3. The van der Waals surface area contributed by atoms with Crippen molar-refractivity contribution in [3.8, 4) is 0 Å². The van der Waals surface area contributed by atoms with E-state index in [0.29, 0.717) is 26.9 Å². The quantitative estimate of drug-likeness (QED) is 0.428. The summed E-state index contributed by atoms with van der Waals surface area (Å²) in [6.07, 6.45) is 2.83. The van der Waals surface area contributed by atoms with Crippen molar-refractivity contribution < 1.29 is 9.72 Å². The van der Waals surface area contributed by atoms with Crippen molar-refractivity contribution in [3.63, 3.8) is 0 Å². The molecule has 2 rings (SSSR count). The molecule has 2 aromatic carbocycles. The number of carbonyl (C=O) groups excluding carboxylic acids is 1. The Morgan fingerprint density at radius 1 is 1.17 bits per heavy atom. The number of nitrogens with zero attached hydrogens (tertiary/aromatic N) is 1. The number of rotatable bonds is 4. The van der Waals surface area contributed by atoms with Gasteiger partial charge in [-0.3, -0.25) is 14.9 Å².